The Hall–Kier alpha value is -1.82. The molecule has 1 aromatic carbocycles. The van der Waals surface area contributed by atoms with Crippen LogP contribution in [0, 0.1) is 12.8 Å². The van der Waals surface area contributed by atoms with Gasteiger partial charge >= 0.3 is 0 Å². The number of fused-ring (bicyclic) bond motifs is 1. The van der Waals surface area contributed by atoms with Gasteiger partial charge in [-0.15, -0.1) is 11.3 Å². The Balaban J connectivity index is 2.01. The van der Waals surface area contributed by atoms with Gasteiger partial charge in [-0.3, -0.25) is 4.79 Å². The van der Waals surface area contributed by atoms with Gasteiger partial charge in [0.15, 0.2) is 0 Å². The highest BCUT2D eigenvalue weighted by Crippen LogP contribution is 2.36. The minimum absolute atomic E-state index is 0.103. The van der Waals surface area contributed by atoms with Crippen LogP contribution in [0.2, 0.25) is 0 Å². The maximum absolute atomic E-state index is 11.5. The molecule has 6 heteroatoms. The first kappa shape index (κ1) is 14.1. The van der Waals surface area contributed by atoms with E-state index in [1.807, 2.05) is 19.1 Å². The predicted molar refractivity (Wildman–Crippen MR) is 87.5 cm³/mol. The number of piperidine rings is 1. The lowest BCUT2D eigenvalue weighted by molar-refractivity contribution is -0.122. The minimum Gasteiger partial charge on any atom is -0.397 e. The molecule has 1 fully saturated rings. The zero-order valence-electron chi connectivity index (χ0n) is 12.3. The summed E-state index contributed by atoms with van der Waals surface area (Å²) in [6, 6.07) is 4.37. The van der Waals surface area contributed by atoms with Crippen LogP contribution in [-0.4, -0.2) is 23.5 Å². The van der Waals surface area contributed by atoms with Crippen LogP contribution in [-0.2, 0) is 4.79 Å². The summed E-state index contributed by atoms with van der Waals surface area (Å²) >= 11 is 1.64. The molecule has 2 aromatic rings. The predicted octanol–water partition coefficient (Wildman–Crippen LogP) is 2.28. The third-order valence-corrected chi connectivity index (χ3v) is 5.17. The number of aromatic nitrogens is 1. The van der Waals surface area contributed by atoms with E-state index in [-0.39, 0.29) is 11.8 Å². The Labute approximate surface area is 127 Å². The van der Waals surface area contributed by atoms with Gasteiger partial charge in [0.05, 0.1) is 32.5 Å². The van der Waals surface area contributed by atoms with E-state index < -0.39 is 0 Å². The number of anilines is 2. The van der Waals surface area contributed by atoms with Crippen LogP contribution in [0.15, 0.2) is 12.1 Å². The summed E-state index contributed by atoms with van der Waals surface area (Å²) in [6.45, 7) is 4.79. The summed E-state index contributed by atoms with van der Waals surface area (Å²) in [5.41, 5.74) is 14.4. The molecule has 2 atom stereocenters. The van der Waals surface area contributed by atoms with Gasteiger partial charge in [-0.1, -0.05) is 0 Å². The number of carbonyl (C=O) groups is 1. The SMILES string of the molecule is Cc1nc2cc(N3CC(C(N)=O)CCC3C)c(N)cc2s1. The molecule has 1 aromatic heterocycles. The molecule has 1 aliphatic rings. The second kappa shape index (κ2) is 5.18. The molecule has 2 heterocycles. The summed E-state index contributed by atoms with van der Waals surface area (Å²) in [4.78, 5) is 18.2. The number of amides is 1. The topological polar surface area (TPSA) is 85.2 Å². The number of primary amides is 1. The summed E-state index contributed by atoms with van der Waals surface area (Å²) in [5, 5.41) is 1.03. The van der Waals surface area contributed by atoms with Crippen molar-refractivity contribution in [2.45, 2.75) is 32.7 Å². The Kier molecular flexibility index (Phi) is 3.49. The van der Waals surface area contributed by atoms with Crippen molar-refractivity contribution in [3.05, 3.63) is 17.1 Å². The fourth-order valence-corrected chi connectivity index (χ4v) is 3.87. The number of thiazole rings is 1. The lowest BCUT2D eigenvalue weighted by atomic mass is 9.92. The largest absolute Gasteiger partial charge is 0.397 e. The van der Waals surface area contributed by atoms with E-state index in [1.54, 1.807) is 11.3 Å². The maximum Gasteiger partial charge on any atom is 0.222 e. The van der Waals surface area contributed by atoms with Crippen molar-refractivity contribution in [2.24, 2.45) is 11.7 Å². The first-order valence-corrected chi connectivity index (χ1v) is 8.00. The minimum atomic E-state index is -0.226. The normalized spacial score (nSPS) is 22.7. The highest BCUT2D eigenvalue weighted by Gasteiger charge is 2.30. The van der Waals surface area contributed by atoms with Gasteiger partial charge in [-0.05, 0) is 38.8 Å². The molecule has 3 rings (SSSR count). The first-order chi connectivity index (χ1) is 9.95. The number of hydrogen-bond acceptors (Lipinski definition) is 5. The Morgan fingerprint density at radius 2 is 2.19 bits per heavy atom. The smallest absolute Gasteiger partial charge is 0.222 e. The van der Waals surface area contributed by atoms with E-state index >= 15 is 0 Å². The molecule has 112 valence electrons. The van der Waals surface area contributed by atoms with E-state index in [4.69, 9.17) is 11.5 Å². The highest BCUT2D eigenvalue weighted by molar-refractivity contribution is 7.18. The lowest BCUT2D eigenvalue weighted by Crippen LogP contribution is -2.46. The average Bonchev–Trinajstić information content (AvgIpc) is 2.77. The zero-order valence-corrected chi connectivity index (χ0v) is 13.1. The van der Waals surface area contributed by atoms with Crippen LogP contribution < -0.4 is 16.4 Å². The number of rotatable bonds is 2. The quantitative estimate of drug-likeness (QED) is 0.834. The van der Waals surface area contributed by atoms with E-state index in [0.29, 0.717) is 12.6 Å². The van der Waals surface area contributed by atoms with Crippen molar-refractivity contribution in [3.8, 4) is 0 Å². The number of carbonyl (C=O) groups excluding carboxylic acids is 1. The van der Waals surface area contributed by atoms with E-state index in [0.717, 1.165) is 39.4 Å². The first-order valence-electron chi connectivity index (χ1n) is 7.18. The van der Waals surface area contributed by atoms with Crippen LogP contribution >= 0.6 is 11.3 Å². The van der Waals surface area contributed by atoms with Gasteiger partial charge in [0, 0.05) is 12.6 Å². The highest BCUT2D eigenvalue weighted by atomic mass is 32.1. The molecule has 21 heavy (non-hydrogen) atoms. The van der Waals surface area contributed by atoms with Crippen molar-refractivity contribution in [2.75, 3.05) is 17.2 Å². The Morgan fingerprint density at radius 1 is 1.43 bits per heavy atom. The van der Waals surface area contributed by atoms with Gasteiger partial charge in [0.25, 0.3) is 0 Å². The molecule has 0 aliphatic carbocycles. The van der Waals surface area contributed by atoms with Gasteiger partial charge in [-0.25, -0.2) is 4.98 Å². The number of aryl methyl sites for hydroxylation is 1. The summed E-state index contributed by atoms with van der Waals surface area (Å²) in [6.07, 6.45) is 1.80. The summed E-state index contributed by atoms with van der Waals surface area (Å²) in [7, 11) is 0. The molecule has 1 amide bonds. The fraction of sp³-hybridized carbons (Fsp3) is 0.467. The van der Waals surface area contributed by atoms with E-state index in [2.05, 4.69) is 16.8 Å². The molecule has 0 radical (unpaired) electrons. The third-order valence-electron chi connectivity index (χ3n) is 4.24. The molecular formula is C15H20N4OS. The van der Waals surface area contributed by atoms with Crippen LogP contribution in [0.3, 0.4) is 0 Å². The summed E-state index contributed by atoms with van der Waals surface area (Å²) < 4.78 is 1.10. The monoisotopic (exact) mass is 304 g/mol. The average molecular weight is 304 g/mol. The Bertz CT molecular complexity index is 696. The van der Waals surface area contributed by atoms with Crippen molar-refractivity contribution < 1.29 is 4.79 Å². The second-order valence-corrected chi connectivity index (χ2v) is 7.02. The number of nitrogen functional groups attached to an aromatic ring is 1. The van der Waals surface area contributed by atoms with Gasteiger partial charge in [0.1, 0.15) is 0 Å². The fourth-order valence-electron chi connectivity index (χ4n) is 3.02. The molecule has 5 nitrogen and oxygen atoms in total. The van der Waals surface area contributed by atoms with Crippen LogP contribution in [0.5, 0.6) is 0 Å². The van der Waals surface area contributed by atoms with Crippen LogP contribution in [0.1, 0.15) is 24.8 Å². The lowest BCUT2D eigenvalue weighted by Gasteiger charge is -2.39. The third kappa shape index (κ3) is 2.55. The van der Waals surface area contributed by atoms with Crippen LogP contribution in [0.4, 0.5) is 11.4 Å². The molecule has 4 N–H and O–H groups in total. The molecular weight excluding hydrogens is 284 g/mol. The van der Waals surface area contributed by atoms with Crippen molar-refractivity contribution in [3.63, 3.8) is 0 Å². The number of benzene rings is 1. The standard InChI is InChI=1S/C15H20N4OS/c1-8-3-4-10(15(17)20)7-19(8)13-6-12-14(5-11(13)16)21-9(2)18-12/h5-6,8,10H,3-4,7,16H2,1-2H3,(H2,17,20). The maximum atomic E-state index is 11.5. The molecule has 2 unspecified atom stereocenters. The summed E-state index contributed by atoms with van der Waals surface area (Å²) in [5.74, 6) is -0.329. The Morgan fingerprint density at radius 3 is 2.90 bits per heavy atom. The van der Waals surface area contributed by atoms with Crippen molar-refractivity contribution in [1.82, 2.24) is 4.98 Å². The molecule has 0 bridgehead atoms. The molecule has 1 aliphatic heterocycles. The second-order valence-electron chi connectivity index (χ2n) is 5.79. The molecule has 1 saturated heterocycles. The number of nitrogens with zero attached hydrogens (tertiary/aromatic N) is 2. The van der Waals surface area contributed by atoms with Gasteiger partial charge < -0.3 is 16.4 Å². The van der Waals surface area contributed by atoms with E-state index in [1.165, 1.54) is 0 Å². The molecule has 0 saturated carbocycles. The number of hydrogen-bond donors (Lipinski definition) is 2. The van der Waals surface area contributed by atoms with Crippen LogP contribution in [0.25, 0.3) is 10.2 Å². The number of nitrogens with two attached hydrogens (primary N) is 2. The van der Waals surface area contributed by atoms with Crippen molar-refractivity contribution >= 4 is 38.8 Å². The van der Waals surface area contributed by atoms with Gasteiger partial charge in [-0.2, -0.15) is 0 Å². The zero-order chi connectivity index (χ0) is 15.1. The van der Waals surface area contributed by atoms with Gasteiger partial charge in [0.2, 0.25) is 5.91 Å². The van der Waals surface area contributed by atoms with E-state index in [9.17, 15) is 4.79 Å². The molecule has 0 spiro atoms. The van der Waals surface area contributed by atoms with Crippen molar-refractivity contribution in [1.29, 1.82) is 0 Å².